The molecular formula is C13H21NO4. The highest BCUT2D eigenvalue weighted by Gasteiger charge is 2.16. The van der Waals surface area contributed by atoms with Crippen molar-refractivity contribution in [1.29, 1.82) is 0 Å². The first-order chi connectivity index (χ1) is 8.69. The summed E-state index contributed by atoms with van der Waals surface area (Å²) in [4.78, 5) is 13.5. The lowest BCUT2D eigenvalue weighted by molar-refractivity contribution is 0.0596. The number of esters is 1. The number of furan rings is 1. The van der Waals surface area contributed by atoms with Gasteiger partial charge in [-0.2, -0.15) is 0 Å². The van der Waals surface area contributed by atoms with Gasteiger partial charge in [0.25, 0.3) is 0 Å². The van der Waals surface area contributed by atoms with Crippen LogP contribution in [0, 0.1) is 0 Å². The molecular weight excluding hydrogens is 234 g/mol. The van der Waals surface area contributed by atoms with E-state index in [1.807, 2.05) is 7.05 Å². The minimum atomic E-state index is -0.368. The second-order valence-electron chi connectivity index (χ2n) is 4.27. The summed E-state index contributed by atoms with van der Waals surface area (Å²) < 4.78 is 9.99. The Balaban J connectivity index is 2.42. The highest BCUT2D eigenvalue weighted by molar-refractivity contribution is 5.90. The normalized spacial score (nSPS) is 10.9. The first-order valence-corrected chi connectivity index (χ1v) is 6.13. The van der Waals surface area contributed by atoms with Crippen molar-refractivity contribution < 1.29 is 19.1 Å². The third-order valence-electron chi connectivity index (χ3n) is 2.76. The number of carbonyl (C=O) groups excluding carboxylic acids is 1. The number of aliphatic hydroxyl groups excluding tert-OH is 1. The maximum absolute atomic E-state index is 11.4. The van der Waals surface area contributed by atoms with Gasteiger partial charge in [-0.3, -0.25) is 4.90 Å². The zero-order valence-electron chi connectivity index (χ0n) is 11.0. The minimum absolute atomic E-state index is 0.244. The lowest BCUT2D eigenvalue weighted by atomic mass is 10.2. The molecule has 0 fully saturated rings. The van der Waals surface area contributed by atoms with Gasteiger partial charge >= 0.3 is 5.97 Å². The molecule has 18 heavy (non-hydrogen) atoms. The predicted octanol–water partition coefficient (Wildman–Crippen LogP) is 1.66. The Bertz CT molecular complexity index is 362. The molecule has 0 aliphatic heterocycles. The Morgan fingerprint density at radius 1 is 1.44 bits per heavy atom. The maximum atomic E-state index is 11.4. The lowest BCUT2D eigenvalue weighted by Gasteiger charge is -2.15. The molecule has 0 amide bonds. The second-order valence-corrected chi connectivity index (χ2v) is 4.27. The van der Waals surface area contributed by atoms with Crippen LogP contribution in [-0.2, 0) is 11.3 Å². The molecule has 0 saturated carbocycles. The standard InChI is InChI=1S/C13H21NO4/c1-14(7-4-3-5-8-15)10-12-11(6-9-18-12)13(16)17-2/h6,9,15H,3-5,7-8,10H2,1-2H3. The topological polar surface area (TPSA) is 62.9 Å². The van der Waals surface area contributed by atoms with Crippen LogP contribution in [0.25, 0.3) is 0 Å². The van der Waals surface area contributed by atoms with Crippen molar-refractivity contribution in [2.24, 2.45) is 0 Å². The second kappa shape index (κ2) is 7.89. The summed E-state index contributed by atoms with van der Waals surface area (Å²) >= 11 is 0. The van der Waals surface area contributed by atoms with Gasteiger partial charge < -0.3 is 14.3 Å². The van der Waals surface area contributed by atoms with Gasteiger partial charge in [0.15, 0.2) is 0 Å². The summed E-state index contributed by atoms with van der Waals surface area (Å²) in [7, 11) is 3.33. The van der Waals surface area contributed by atoms with Crippen molar-refractivity contribution in [3.05, 3.63) is 23.7 Å². The van der Waals surface area contributed by atoms with Gasteiger partial charge in [-0.1, -0.05) is 0 Å². The van der Waals surface area contributed by atoms with Crippen molar-refractivity contribution in [3.8, 4) is 0 Å². The summed E-state index contributed by atoms with van der Waals surface area (Å²) in [5, 5.41) is 8.68. The molecule has 0 aromatic carbocycles. The number of aliphatic hydroxyl groups is 1. The van der Waals surface area contributed by atoms with E-state index < -0.39 is 0 Å². The third-order valence-corrected chi connectivity index (χ3v) is 2.76. The fraction of sp³-hybridized carbons (Fsp3) is 0.615. The van der Waals surface area contributed by atoms with E-state index in [4.69, 9.17) is 9.52 Å². The maximum Gasteiger partial charge on any atom is 0.341 e. The zero-order valence-corrected chi connectivity index (χ0v) is 11.0. The number of ether oxygens (including phenoxy) is 1. The van der Waals surface area contributed by atoms with Crippen LogP contribution < -0.4 is 0 Å². The van der Waals surface area contributed by atoms with Gasteiger partial charge in [0.05, 0.1) is 19.9 Å². The molecule has 1 heterocycles. The molecule has 0 radical (unpaired) electrons. The fourth-order valence-corrected chi connectivity index (χ4v) is 1.75. The molecule has 0 bridgehead atoms. The summed E-state index contributed by atoms with van der Waals surface area (Å²) in [6, 6.07) is 1.63. The predicted molar refractivity (Wildman–Crippen MR) is 67.3 cm³/mol. The van der Waals surface area contributed by atoms with Crippen LogP contribution in [0.15, 0.2) is 16.7 Å². The van der Waals surface area contributed by atoms with E-state index in [1.165, 1.54) is 13.4 Å². The minimum Gasteiger partial charge on any atom is -0.467 e. The number of nitrogens with zero attached hydrogens (tertiary/aromatic N) is 1. The summed E-state index contributed by atoms with van der Waals surface area (Å²) in [6.07, 6.45) is 4.36. The first-order valence-electron chi connectivity index (χ1n) is 6.13. The van der Waals surface area contributed by atoms with E-state index in [0.29, 0.717) is 17.9 Å². The number of methoxy groups -OCH3 is 1. The van der Waals surface area contributed by atoms with Gasteiger partial charge in [0.1, 0.15) is 11.3 Å². The van der Waals surface area contributed by atoms with Crippen LogP contribution in [0.2, 0.25) is 0 Å². The van der Waals surface area contributed by atoms with Gasteiger partial charge in [0, 0.05) is 6.61 Å². The molecule has 1 N–H and O–H groups in total. The number of unbranched alkanes of at least 4 members (excludes halogenated alkanes) is 2. The Morgan fingerprint density at radius 2 is 2.22 bits per heavy atom. The molecule has 5 heteroatoms. The van der Waals surface area contributed by atoms with Crippen molar-refractivity contribution in [2.45, 2.75) is 25.8 Å². The molecule has 0 spiro atoms. The average Bonchev–Trinajstić information content (AvgIpc) is 2.82. The molecule has 1 rings (SSSR count). The van der Waals surface area contributed by atoms with Crippen molar-refractivity contribution in [2.75, 3.05) is 27.3 Å². The van der Waals surface area contributed by atoms with E-state index in [1.54, 1.807) is 6.07 Å². The van der Waals surface area contributed by atoms with Gasteiger partial charge in [-0.25, -0.2) is 4.79 Å². The van der Waals surface area contributed by atoms with Crippen molar-refractivity contribution >= 4 is 5.97 Å². The summed E-state index contributed by atoms with van der Waals surface area (Å²) in [5.41, 5.74) is 0.486. The van der Waals surface area contributed by atoms with Crippen LogP contribution in [0.1, 0.15) is 35.4 Å². The Kier molecular flexibility index (Phi) is 6.46. The SMILES string of the molecule is COC(=O)c1ccoc1CN(C)CCCCCO. The molecule has 1 aromatic rings. The number of carbonyl (C=O) groups is 1. The van der Waals surface area contributed by atoms with Crippen LogP contribution in [0.3, 0.4) is 0 Å². The number of rotatable bonds is 8. The monoisotopic (exact) mass is 255 g/mol. The third kappa shape index (κ3) is 4.50. The molecule has 1 aromatic heterocycles. The Hall–Kier alpha value is -1.33. The molecule has 0 unspecified atom stereocenters. The summed E-state index contributed by atoms with van der Waals surface area (Å²) in [6.45, 7) is 1.73. The Labute approximate surface area is 107 Å². The van der Waals surface area contributed by atoms with E-state index in [9.17, 15) is 4.79 Å². The van der Waals surface area contributed by atoms with Gasteiger partial charge in [0.2, 0.25) is 0 Å². The Morgan fingerprint density at radius 3 is 2.89 bits per heavy atom. The van der Waals surface area contributed by atoms with Crippen molar-refractivity contribution in [3.63, 3.8) is 0 Å². The molecule has 5 nitrogen and oxygen atoms in total. The van der Waals surface area contributed by atoms with Gasteiger partial charge in [-0.05, 0) is 38.9 Å². The number of hydrogen-bond donors (Lipinski definition) is 1. The number of hydrogen-bond acceptors (Lipinski definition) is 5. The largest absolute Gasteiger partial charge is 0.467 e. The van der Waals surface area contributed by atoms with E-state index in [-0.39, 0.29) is 12.6 Å². The highest BCUT2D eigenvalue weighted by atomic mass is 16.5. The fourth-order valence-electron chi connectivity index (χ4n) is 1.75. The quantitative estimate of drug-likeness (QED) is 0.565. The molecule has 0 aliphatic rings. The summed E-state index contributed by atoms with van der Waals surface area (Å²) in [5.74, 6) is 0.263. The average molecular weight is 255 g/mol. The van der Waals surface area contributed by atoms with E-state index >= 15 is 0 Å². The van der Waals surface area contributed by atoms with E-state index in [2.05, 4.69) is 9.64 Å². The highest BCUT2D eigenvalue weighted by Crippen LogP contribution is 2.14. The molecule has 0 aliphatic carbocycles. The zero-order chi connectivity index (χ0) is 13.4. The van der Waals surface area contributed by atoms with Crippen LogP contribution in [0.5, 0.6) is 0 Å². The molecule has 0 saturated heterocycles. The van der Waals surface area contributed by atoms with Crippen LogP contribution in [0.4, 0.5) is 0 Å². The van der Waals surface area contributed by atoms with Crippen LogP contribution in [-0.4, -0.2) is 43.3 Å². The van der Waals surface area contributed by atoms with Gasteiger partial charge in [-0.15, -0.1) is 0 Å². The van der Waals surface area contributed by atoms with E-state index in [0.717, 1.165) is 25.8 Å². The van der Waals surface area contributed by atoms with Crippen LogP contribution >= 0.6 is 0 Å². The smallest absolute Gasteiger partial charge is 0.341 e. The van der Waals surface area contributed by atoms with Crippen molar-refractivity contribution in [1.82, 2.24) is 4.90 Å². The lowest BCUT2D eigenvalue weighted by Crippen LogP contribution is -2.20. The molecule has 0 atom stereocenters. The first kappa shape index (κ1) is 14.7. The molecule has 102 valence electrons.